The van der Waals surface area contributed by atoms with Crippen LogP contribution in [0.4, 0.5) is 0 Å². The van der Waals surface area contributed by atoms with E-state index in [4.69, 9.17) is 4.74 Å². The molecule has 2 amide bonds. The van der Waals surface area contributed by atoms with Gasteiger partial charge in [-0.25, -0.2) is 5.01 Å². The third-order valence-electron chi connectivity index (χ3n) is 4.99. The fourth-order valence-corrected chi connectivity index (χ4v) is 3.62. The molecule has 0 radical (unpaired) electrons. The van der Waals surface area contributed by atoms with E-state index in [-0.39, 0.29) is 11.8 Å². The predicted molar refractivity (Wildman–Crippen MR) is 86.0 cm³/mol. The van der Waals surface area contributed by atoms with Crippen molar-refractivity contribution in [2.24, 2.45) is 5.10 Å². The Morgan fingerprint density at radius 1 is 1.22 bits per heavy atom. The molecule has 3 aliphatic heterocycles. The summed E-state index contributed by atoms with van der Waals surface area (Å²) in [4.78, 5) is 28.4. The minimum absolute atomic E-state index is 0.00172. The molecule has 0 unspecified atom stereocenters. The first-order valence-corrected chi connectivity index (χ1v) is 8.53. The van der Waals surface area contributed by atoms with E-state index in [1.807, 2.05) is 4.90 Å². The van der Waals surface area contributed by atoms with Crippen molar-refractivity contribution in [3.8, 4) is 0 Å². The second-order valence-electron chi connectivity index (χ2n) is 6.66. The van der Waals surface area contributed by atoms with Gasteiger partial charge in [-0.1, -0.05) is 0 Å². The largest absolute Gasteiger partial charge is 0.376 e. The van der Waals surface area contributed by atoms with Crippen molar-refractivity contribution in [3.05, 3.63) is 0 Å². The number of hydrogen-bond acceptors (Lipinski definition) is 5. The summed E-state index contributed by atoms with van der Waals surface area (Å²) in [6, 6.07) is 0.544. The molecule has 3 heterocycles. The molecule has 1 atom stereocenters. The maximum Gasteiger partial charge on any atom is 0.270 e. The fraction of sp³-hybridized carbons (Fsp3) is 0.812. The highest BCUT2D eigenvalue weighted by Crippen LogP contribution is 2.20. The van der Waals surface area contributed by atoms with Crippen molar-refractivity contribution >= 4 is 17.5 Å². The van der Waals surface area contributed by atoms with Gasteiger partial charge in [-0.2, -0.15) is 5.10 Å². The highest BCUT2D eigenvalue weighted by molar-refractivity contribution is 6.39. The van der Waals surface area contributed by atoms with E-state index in [1.54, 1.807) is 7.05 Å². The first kappa shape index (κ1) is 16.4. The molecule has 0 aliphatic carbocycles. The Bertz CT molecular complexity index is 500. The molecule has 0 saturated carbocycles. The van der Waals surface area contributed by atoms with Crippen LogP contribution in [-0.2, 0) is 14.3 Å². The molecule has 23 heavy (non-hydrogen) atoms. The number of ether oxygens (including phenoxy) is 1. The number of morpholine rings is 1. The lowest BCUT2D eigenvalue weighted by molar-refractivity contribution is -0.131. The van der Waals surface area contributed by atoms with Crippen LogP contribution in [0.2, 0.25) is 0 Å². The van der Waals surface area contributed by atoms with Crippen LogP contribution in [-0.4, -0.2) is 84.3 Å². The SMILES string of the molecule is C[C@@H]1CN(C2CCN(C(=O)C3=NN(C)C(=O)CC3)CC2)CCO1. The first-order chi connectivity index (χ1) is 11.0. The van der Waals surface area contributed by atoms with E-state index in [9.17, 15) is 9.59 Å². The number of carbonyl (C=O) groups is 2. The van der Waals surface area contributed by atoms with Crippen LogP contribution in [0, 0.1) is 0 Å². The lowest BCUT2D eigenvalue weighted by atomic mass is 10.0. The monoisotopic (exact) mass is 322 g/mol. The molecule has 0 aromatic carbocycles. The van der Waals surface area contributed by atoms with Crippen molar-refractivity contribution in [2.75, 3.05) is 39.8 Å². The van der Waals surface area contributed by atoms with Crippen LogP contribution in [0.15, 0.2) is 5.10 Å². The average Bonchev–Trinajstić information content (AvgIpc) is 2.57. The number of carbonyl (C=O) groups excluding carboxylic acids is 2. The molecule has 2 saturated heterocycles. The Morgan fingerprint density at radius 3 is 2.61 bits per heavy atom. The van der Waals surface area contributed by atoms with E-state index in [0.717, 1.165) is 45.6 Å². The summed E-state index contributed by atoms with van der Waals surface area (Å²) >= 11 is 0. The van der Waals surface area contributed by atoms with Gasteiger partial charge in [-0.05, 0) is 19.8 Å². The van der Waals surface area contributed by atoms with Crippen LogP contribution in [0.5, 0.6) is 0 Å². The summed E-state index contributed by atoms with van der Waals surface area (Å²) in [5, 5.41) is 5.43. The van der Waals surface area contributed by atoms with Crippen LogP contribution in [0.25, 0.3) is 0 Å². The van der Waals surface area contributed by atoms with Crippen molar-refractivity contribution in [1.29, 1.82) is 0 Å². The zero-order valence-electron chi connectivity index (χ0n) is 14.0. The standard InChI is InChI=1S/C16H26N4O3/c1-12-11-20(9-10-23-12)13-5-7-19(8-6-13)16(22)14-3-4-15(21)18(2)17-14/h12-13H,3-11H2,1-2H3/t12-/m1/s1. The van der Waals surface area contributed by atoms with E-state index >= 15 is 0 Å². The number of amides is 2. The Hall–Kier alpha value is -1.47. The van der Waals surface area contributed by atoms with Crippen LogP contribution < -0.4 is 0 Å². The minimum Gasteiger partial charge on any atom is -0.376 e. The molecule has 3 rings (SSSR count). The summed E-state index contributed by atoms with van der Waals surface area (Å²) in [5.41, 5.74) is 0.519. The Balaban J connectivity index is 1.53. The number of hydrogen-bond donors (Lipinski definition) is 0. The average molecular weight is 322 g/mol. The maximum absolute atomic E-state index is 12.6. The number of piperidine rings is 1. The summed E-state index contributed by atoms with van der Waals surface area (Å²) in [6.07, 6.45) is 3.14. The van der Waals surface area contributed by atoms with Crippen molar-refractivity contribution in [1.82, 2.24) is 14.8 Å². The van der Waals surface area contributed by atoms with Gasteiger partial charge in [0.15, 0.2) is 0 Å². The van der Waals surface area contributed by atoms with Gasteiger partial charge < -0.3 is 9.64 Å². The van der Waals surface area contributed by atoms with Gasteiger partial charge in [0, 0.05) is 52.1 Å². The van der Waals surface area contributed by atoms with E-state index < -0.39 is 0 Å². The number of rotatable bonds is 2. The van der Waals surface area contributed by atoms with Crippen LogP contribution in [0.3, 0.4) is 0 Å². The van der Waals surface area contributed by atoms with Gasteiger partial charge >= 0.3 is 0 Å². The van der Waals surface area contributed by atoms with Gasteiger partial charge in [-0.3, -0.25) is 14.5 Å². The van der Waals surface area contributed by atoms with Crippen molar-refractivity contribution in [3.63, 3.8) is 0 Å². The number of likely N-dealkylation sites (tertiary alicyclic amines) is 1. The molecule has 2 fully saturated rings. The van der Waals surface area contributed by atoms with Gasteiger partial charge in [-0.15, -0.1) is 0 Å². The molecule has 0 spiro atoms. The minimum atomic E-state index is -0.0262. The zero-order chi connectivity index (χ0) is 16.4. The Labute approximate surface area is 137 Å². The van der Waals surface area contributed by atoms with Crippen LogP contribution >= 0.6 is 0 Å². The maximum atomic E-state index is 12.6. The molecule has 0 aromatic rings. The first-order valence-electron chi connectivity index (χ1n) is 8.53. The molecule has 0 aromatic heterocycles. The summed E-state index contributed by atoms with van der Waals surface area (Å²) < 4.78 is 5.60. The third-order valence-corrected chi connectivity index (χ3v) is 4.99. The lowest BCUT2D eigenvalue weighted by Gasteiger charge is -2.41. The lowest BCUT2D eigenvalue weighted by Crippen LogP contribution is -2.52. The second kappa shape index (κ2) is 6.97. The second-order valence-corrected chi connectivity index (χ2v) is 6.66. The molecular formula is C16H26N4O3. The number of nitrogens with zero attached hydrogens (tertiary/aromatic N) is 4. The summed E-state index contributed by atoms with van der Waals surface area (Å²) in [6.45, 7) is 6.43. The molecule has 7 heteroatoms. The van der Waals surface area contributed by atoms with Gasteiger partial charge in [0.05, 0.1) is 12.7 Å². The third kappa shape index (κ3) is 3.72. The van der Waals surface area contributed by atoms with E-state index in [2.05, 4.69) is 16.9 Å². The highest BCUT2D eigenvalue weighted by Gasteiger charge is 2.32. The van der Waals surface area contributed by atoms with Gasteiger partial charge in [0.2, 0.25) is 5.91 Å². The molecule has 128 valence electrons. The van der Waals surface area contributed by atoms with E-state index in [0.29, 0.717) is 30.7 Å². The molecule has 3 aliphatic rings. The Kier molecular flexibility index (Phi) is 4.96. The van der Waals surface area contributed by atoms with E-state index in [1.165, 1.54) is 5.01 Å². The van der Waals surface area contributed by atoms with Gasteiger partial charge in [0.25, 0.3) is 5.91 Å². The summed E-state index contributed by atoms with van der Waals surface area (Å²) in [7, 11) is 1.61. The van der Waals surface area contributed by atoms with Crippen LogP contribution in [0.1, 0.15) is 32.6 Å². The smallest absolute Gasteiger partial charge is 0.270 e. The zero-order valence-corrected chi connectivity index (χ0v) is 14.0. The topological polar surface area (TPSA) is 65.5 Å². The molecule has 0 N–H and O–H groups in total. The molecule has 0 bridgehead atoms. The molecule has 7 nitrogen and oxygen atoms in total. The summed E-state index contributed by atoms with van der Waals surface area (Å²) in [5.74, 6) is -0.0279. The van der Waals surface area contributed by atoms with Gasteiger partial charge in [0.1, 0.15) is 5.71 Å². The fourth-order valence-electron chi connectivity index (χ4n) is 3.62. The predicted octanol–water partition coefficient (Wildman–Crippen LogP) is 0.306. The number of hydrazone groups is 1. The Morgan fingerprint density at radius 2 is 1.96 bits per heavy atom. The molecular weight excluding hydrogens is 296 g/mol. The normalized spacial score (nSPS) is 28.0. The quantitative estimate of drug-likeness (QED) is 0.734. The van der Waals surface area contributed by atoms with Crippen molar-refractivity contribution < 1.29 is 14.3 Å². The highest BCUT2D eigenvalue weighted by atomic mass is 16.5. The van der Waals surface area contributed by atoms with Crippen molar-refractivity contribution in [2.45, 2.75) is 44.8 Å².